The molecule has 130 valence electrons. The van der Waals surface area contributed by atoms with Crippen molar-refractivity contribution in [2.24, 2.45) is 11.0 Å². The third-order valence-corrected chi connectivity index (χ3v) is 3.91. The van der Waals surface area contributed by atoms with Crippen LogP contribution in [0, 0.1) is 11.1 Å². The second-order valence-electron chi connectivity index (χ2n) is 6.59. The lowest BCUT2D eigenvalue weighted by atomic mass is 10.0. The van der Waals surface area contributed by atoms with Crippen LogP contribution in [0.15, 0.2) is 17.9 Å². The maximum absolute atomic E-state index is 10.8. The summed E-state index contributed by atoms with van der Waals surface area (Å²) >= 11 is 0. The van der Waals surface area contributed by atoms with Crippen LogP contribution in [-0.4, -0.2) is 22.6 Å². The molecule has 0 spiro atoms. The number of rotatable bonds is 15. The molecular formula is C18H36N2O2. The zero-order valence-corrected chi connectivity index (χ0v) is 14.7. The van der Waals surface area contributed by atoms with Gasteiger partial charge in [-0.25, -0.2) is 0 Å². The standard InChI is InChI=1S/C18H36N2O2/c1-4-20(22)19-16-12-7-5-6-10-14-18(21)15-11-8-9-13-17(2)3/h4,17-18,21H,1,5-16H2,2-3H3. The average molecular weight is 312 g/mol. The molecule has 0 aromatic rings. The van der Waals surface area contributed by atoms with E-state index < -0.39 is 0 Å². The SMILES string of the molecule is C=C[N+]([O-])=NCCCCCCCC(O)CCCCCC(C)C. The van der Waals surface area contributed by atoms with E-state index in [0.717, 1.165) is 57.3 Å². The Balaban J connectivity index is 3.28. The number of hydrogen-bond acceptors (Lipinski definition) is 3. The Morgan fingerprint density at radius 3 is 2.05 bits per heavy atom. The van der Waals surface area contributed by atoms with Crippen molar-refractivity contribution in [3.63, 3.8) is 0 Å². The third-order valence-electron chi connectivity index (χ3n) is 3.91. The van der Waals surface area contributed by atoms with Crippen LogP contribution in [0.4, 0.5) is 0 Å². The molecule has 22 heavy (non-hydrogen) atoms. The van der Waals surface area contributed by atoms with Gasteiger partial charge in [0.2, 0.25) is 6.20 Å². The predicted molar refractivity (Wildman–Crippen MR) is 92.8 cm³/mol. The number of aliphatic hydroxyl groups is 1. The minimum atomic E-state index is -0.115. The van der Waals surface area contributed by atoms with Gasteiger partial charge in [0, 0.05) is 0 Å². The Hall–Kier alpha value is -0.900. The van der Waals surface area contributed by atoms with E-state index >= 15 is 0 Å². The van der Waals surface area contributed by atoms with Crippen LogP contribution in [0.25, 0.3) is 0 Å². The molecule has 0 radical (unpaired) electrons. The van der Waals surface area contributed by atoms with Gasteiger partial charge in [0.1, 0.15) is 6.54 Å². The van der Waals surface area contributed by atoms with Gasteiger partial charge in [0.05, 0.1) is 6.10 Å². The Bertz CT molecular complexity index is 291. The van der Waals surface area contributed by atoms with E-state index in [2.05, 4.69) is 25.5 Å². The number of hydroxylamine groups is 1. The van der Waals surface area contributed by atoms with Crippen molar-refractivity contribution in [2.75, 3.05) is 6.54 Å². The van der Waals surface area contributed by atoms with Crippen molar-refractivity contribution in [3.05, 3.63) is 18.0 Å². The molecule has 4 heteroatoms. The zero-order valence-electron chi connectivity index (χ0n) is 14.7. The maximum atomic E-state index is 10.8. The molecule has 0 amide bonds. The molecule has 0 fully saturated rings. The van der Waals surface area contributed by atoms with E-state index in [4.69, 9.17) is 0 Å². The van der Waals surface area contributed by atoms with E-state index in [9.17, 15) is 10.3 Å². The molecule has 0 aromatic heterocycles. The second kappa shape index (κ2) is 15.0. The maximum Gasteiger partial charge on any atom is 0.202 e. The average Bonchev–Trinajstić information content (AvgIpc) is 2.48. The molecule has 0 heterocycles. The van der Waals surface area contributed by atoms with Crippen LogP contribution in [0.5, 0.6) is 0 Å². The highest BCUT2D eigenvalue weighted by Gasteiger charge is 2.04. The molecular weight excluding hydrogens is 276 g/mol. The molecule has 1 unspecified atom stereocenters. The van der Waals surface area contributed by atoms with Crippen LogP contribution < -0.4 is 0 Å². The van der Waals surface area contributed by atoms with Crippen LogP contribution in [-0.2, 0) is 0 Å². The van der Waals surface area contributed by atoms with Gasteiger partial charge in [0.15, 0.2) is 0 Å². The summed E-state index contributed by atoms with van der Waals surface area (Å²) in [6, 6.07) is 0. The lowest BCUT2D eigenvalue weighted by Gasteiger charge is -2.10. The lowest BCUT2D eigenvalue weighted by Crippen LogP contribution is -2.06. The van der Waals surface area contributed by atoms with Crippen LogP contribution in [0.1, 0.15) is 84.5 Å². The predicted octanol–water partition coefficient (Wildman–Crippen LogP) is 5.40. The van der Waals surface area contributed by atoms with E-state index in [1.165, 1.54) is 25.5 Å². The summed E-state index contributed by atoms with van der Waals surface area (Å²) in [4.78, 5) is 0.525. The van der Waals surface area contributed by atoms with Gasteiger partial charge in [-0.15, -0.1) is 0 Å². The van der Waals surface area contributed by atoms with Crippen LogP contribution in [0.2, 0.25) is 0 Å². The Morgan fingerprint density at radius 2 is 1.45 bits per heavy atom. The molecule has 1 N–H and O–H groups in total. The first-order valence-electron chi connectivity index (χ1n) is 9.00. The highest BCUT2D eigenvalue weighted by Crippen LogP contribution is 2.14. The van der Waals surface area contributed by atoms with E-state index in [-0.39, 0.29) is 6.10 Å². The van der Waals surface area contributed by atoms with Gasteiger partial charge >= 0.3 is 0 Å². The van der Waals surface area contributed by atoms with Crippen LogP contribution >= 0.6 is 0 Å². The molecule has 0 aliphatic rings. The molecule has 4 nitrogen and oxygen atoms in total. The highest BCUT2D eigenvalue weighted by molar-refractivity contribution is 4.58. The molecule has 0 bridgehead atoms. The fourth-order valence-corrected chi connectivity index (χ4v) is 2.50. The Kier molecular flexibility index (Phi) is 14.4. The molecule has 0 saturated carbocycles. The van der Waals surface area contributed by atoms with Gasteiger partial charge in [-0.2, -0.15) is 0 Å². The third kappa shape index (κ3) is 15.5. The topological polar surface area (TPSA) is 58.7 Å². The minimum absolute atomic E-state index is 0.115. The van der Waals surface area contributed by atoms with Gasteiger partial charge < -0.3 is 10.3 Å². The Labute approximate surface area is 136 Å². The van der Waals surface area contributed by atoms with Crippen molar-refractivity contribution in [1.29, 1.82) is 0 Å². The van der Waals surface area contributed by atoms with Gasteiger partial charge in [-0.3, -0.25) is 0 Å². The lowest BCUT2D eigenvalue weighted by molar-refractivity contribution is -0.458. The van der Waals surface area contributed by atoms with Crippen molar-refractivity contribution < 1.29 is 9.97 Å². The molecule has 0 aromatic carbocycles. The van der Waals surface area contributed by atoms with E-state index in [1.54, 1.807) is 0 Å². The number of unbranched alkanes of at least 4 members (excludes halogenated alkanes) is 6. The largest absolute Gasteiger partial charge is 0.595 e. The summed E-state index contributed by atoms with van der Waals surface area (Å²) in [7, 11) is 0. The summed E-state index contributed by atoms with van der Waals surface area (Å²) in [5.41, 5.74) is 0. The first-order valence-corrected chi connectivity index (χ1v) is 9.00. The number of hydrogen-bond donors (Lipinski definition) is 1. The Morgan fingerprint density at radius 1 is 0.955 bits per heavy atom. The van der Waals surface area contributed by atoms with E-state index in [1.807, 2.05) is 0 Å². The molecule has 1 atom stereocenters. The fraction of sp³-hybridized carbons (Fsp3) is 0.889. The van der Waals surface area contributed by atoms with E-state index in [0.29, 0.717) is 11.4 Å². The van der Waals surface area contributed by atoms with Crippen molar-refractivity contribution in [2.45, 2.75) is 90.6 Å². The number of aliphatic hydroxyl groups excluding tert-OH is 1. The summed E-state index contributed by atoms with van der Waals surface area (Å²) in [6.45, 7) is 8.46. The summed E-state index contributed by atoms with van der Waals surface area (Å²) in [6.07, 6.45) is 13.4. The van der Waals surface area contributed by atoms with Gasteiger partial charge in [0.25, 0.3) is 0 Å². The van der Waals surface area contributed by atoms with Gasteiger partial charge in [-0.1, -0.05) is 70.1 Å². The van der Waals surface area contributed by atoms with Crippen molar-refractivity contribution >= 4 is 0 Å². The quantitative estimate of drug-likeness (QED) is 0.190. The zero-order chi connectivity index (χ0) is 16.6. The van der Waals surface area contributed by atoms with Crippen LogP contribution in [0.3, 0.4) is 0 Å². The summed E-state index contributed by atoms with van der Waals surface area (Å²) in [5.74, 6) is 0.797. The minimum Gasteiger partial charge on any atom is -0.595 e. The monoisotopic (exact) mass is 312 g/mol. The fourth-order valence-electron chi connectivity index (χ4n) is 2.50. The van der Waals surface area contributed by atoms with Crippen molar-refractivity contribution in [3.8, 4) is 0 Å². The smallest absolute Gasteiger partial charge is 0.202 e. The molecule has 0 saturated heterocycles. The summed E-state index contributed by atoms with van der Waals surface area (Å²) in [5, 5.41) is 24.5. The first kappa shape index (κ1) is 21.1. The number of azo groups is 1. The summed E-state index contributed by atoms with van der Waals surface area (Å²) < 4.78 is 0. The number of nitrogens with zero attached hydrogens (tertiary/aromatic N) is 2. The highest BCUT2D eigenvalue weighted by atomic mass is 16.5. The first-order chi connectivity index (χ1) is 10.6. The van der Waals surface area contributed by atoms with Gasteiger partial charge in [-0.05, 0) is 36.9 Å². The molecule has 0 aliphatic heterocycles. The van der Waals surface area contributed by atoms with Crippen molar-refractivity contribution in [1.82, 2.24) is 0 Å². The molecule has 0 rings (SSSR count). The normalized spacial score (nSPS) is 13.5. The molecule has 0 aliphatic carbocycles. The second-order valence-corrected chi connectivity index (χ2v) is 6.59.